The Morgan fingerprint density at radius 1 is 1.00 bits per heavy atom. The van der Waals surface area contributed by atoms with E-state index < -0.39 is 11.6 Å². The zero-order valence-corrected chi connectivity index (χ0v) is 6.13. The molecular formula is C6H12O4. The van der Waals surface area contributed by atoms with Crippen LogP contribution in [-0.2, 0) is 9.47 Å². The van der Waals surface area contributed by atoms with Gasteiger partial charge in [-0.15, -0.1) is 0 Å². The van der Waals surface area contributed by atoms with E-state index in [-0.39, 0.29) is 13.2 Å². The lowest BCUT2D eigenvalue weighted by Gasteiger charge is -2.36. The summed E-state index contributed by atoms with van der Waals surface area (Å²) in [5.41, 5.74) is 0. The summed E-state index contributed by atoms with van der Waals surface area (Å²) in [5, 5.41) is 18.3. The van der Waals surface area contributed by atoms with Crippen LogP contribution in [0.2, 0.25) is 0 Å². The van der Waals surface area contributed by atoms with E-state index in [0.717, 1.165) is 0 Å². The van der Waals surface area contributed by atoms with Crippen molar-refractivity contribution in [2.24, 2.45) is 0 Å². The lowest BCUT2D eigenvalue weighted by atomic mass is 10.2. The molecule has 4 heteroatoms. The molecule has 0 amide bonds. The van der Waals surface area contributed by atoms with E-state index in [9.17, 15) is 0 Å². The summed E-state index contributed by atoms with van der Waals surface area (Å²) in [5.74, 6) is -2.50. The van der Waals surface area contributed by atoms with Gasteiger partial charge in [0.05, 0.1) is 0 Å². The maximum atomic E-state index is 9.15. The van der Waals surface area contributed by atoms with E-state index in [0.29, 0.717) is 0 Å². The first-order chi connectivity index (χ1) is 4.41. The van der Waals surface area contributed by atoms with Crippen molar-refractivity contribution in [2.75, 3.05) is 13.2 Å². The Morgan fingerprint density at radius 2 is 1.30 bits per heavy atom. The zero-order chi connectivity index (χ0) is 7.83. The van der Waals surface area contributed by atoms with Gasteiger partial charge in [-0.1, -0.05) is 0 Å². The predicted octanol–water partition coefficient (Wildman–Crippen LogP) is -0.550. The molecule has 1 aliphatic rings. The van der Waals surface area contributed by atoms with Crippen molar-refractivity contribution in [1.29, 1.82) is 0 Å². The second kappa shape index (κ2) is 2.17. The number of hydrogen-bond acceptors (Lipinski definition) is 4. The fourth-order valence-electron chi connectivity index (χ4n) is 0.662. The average Bonchev–Trinajstić information content (AvgIpc) is 1.79. The van der Waals surface area contributed by atoms with Gasteiger partial charge in [-0.3, -0.25) is 0 Å². The molecule has 0 radical (unpaired) electrons. The van der Waals surface area contributed by atoms with Gasteiger partial charge < -0.3 is 19.7 Å². The minimum Gasteiger partial charge on any atom is -0.364 e. The van der Waals surface area contributed by atoms with Crippen LogP contribution in [0.3, 0.4) is 0 Å². The highest BCUT2D eigenvalue weighted by Crippen LogP contribution is 2.20. The molecule has 2 N–H and O–H groups in total. The fraction of sp³-hybridized carbons (Fsp3) is 1.00. The zero-order valence-electron chi connectivity index (χ0n) is 6.13. The molecule has 0 aromatic heterocycles. The molecule has 4 nitrogen and oxygen atoms in total. The Balaban J connectivity index is 2.46. The fourth-order valence-corrected chi connectivity index (χ4v) is 0.662. The summed E-state index contributed by atoms with van der Waals surface area (Å²) >= 11 is 0. The molecule has 0 saturated carbocycles. The molecule has 0 aromatic rings. The largest absolute Gasteiger partial charge is 0.364 e. The monoisotopic (exact) mass is 148 g/mol. The third-order valence-electron chi connectivity index (χ3n) is 1.30. The topological polar surface area (TPSA) is 58.9 Å². The first-order valence-corrected chi connectivity index (χ1v) is 3.14. The van der Waals surface area contributed by atoms with Crippen molar-refractivity contribution in [3.8, 4) is 0 Å². The minimum absolute atomic E-state index is 0. The highest BCUT2D eigenvalue weighted by molar-refractivity contribution is 4.70. The second-order valence-electron chi connectivity index (χ2n) is 2.93. The first-order valence-electron chi connectivity index (χ1n) is 3.14. The van der Waals surface area contributed by atoms with Gasteiger partial charge in [-0.2, -0.15) is 0 Å². The van der Waals surface area contributed by atoms with Crippen LogP contribution in [0.5, 0.6) is 0 Å². The van der Waals surface area contributed by atoms with Gasteiger partial charge in [-0.05, 0) is 13.8 Å². The van der Waals surface area contributed by atoms with Crippen LogP contribution in [0.1, 0.15) is 13.8 Å². The van der Waals surface area contributed by atoms with Gasteiger partial charge in [0.25, 0.3) is 0 Å². The number of hydrogen-bond donors (Lipinski definition) is 2. The van der Waals surface area contributed by atoms with Crippen molar-refractivity contribution in [3.63, 3.8) is 0 Å². The van der Waals surface area contributed by atoms with Gasteiger partial charge in [0.1, 0.15) is 13.2 Å². The Labute approximate surface area is 59.4 Å². The lowest BCUT2D eigenvalue weighted by molar-refractivity contribution is -0.353. The maximum absolute atomic E-state index is 9.15. The maximum Gasteiger partial charge on any atom is 0.186 e. The van der Waals surface area contributed by atoms with Crippen LogP contribution in [-0.4, -0.2) is 35.0 Å². The molecule has 0 aromatic carbocycles. The molecule has 0 aliphatic carbocycles. The second-order valence-corrected chi connectivity index (χ2v) is 2.93. The molecule has 0 spiro atoms. The van der Waals surface area contributed by atoms with E-state index in [1.165, 1.54) is 13.8 Å². The molecule has 1 aliphatic heterocycles. The standard InChI is InChI=1S/C6H12O4/c1-5(7)3-10-6(2,8)4-9-5/h7-8H,3-4H2,1-2H3/t5-,6-/m1/s1. The molecular weight excluding hydrogens is 136 g/mol. The van der Waals surface area contributed by atoms with Crippen molar-refractivity contribution in [3.05, 3.63) is 0 Å². The van der Waals surface area contributed by atoms with Gasteiger partial charge in [-0.25, -0.2) is 0 Å². The number of rotatable bonds is 0. The average molecular weight is 148 g/mol. The molecule has 1 fully saturated rings. The van der Waals surface area contributed by atoms with Crippen LogP contribution >= 0.6 is 0 Å². The van der Waals surface area contributed by atoms with Crippen molar-refractivity contribution in [1.82, 2.24) is 0 Å². The molecule has 1 rings (SSSR count). The van der Waals surface area contributed by atoms with Crippen molar-refractivity contribution in [2.45, 2.75) is 25.4 Å². The van der Waals surface area contributed by atoms with Crippen LogP contribution in [0.25, 0.3) is 0 Å². The summed E-state index contributed by atoms with van der Waals surface area (Å²) in [6, 6.07) is 0. The van der Waals surface area contributed by atoms with Gasteiger partial charge >= 0.3 is 0 Å². The first kappa shape index (κ1) is 7.94. The summed E-state index contributed by atoms with van der Waals surface area (Å²) in [6.45, 7) is 2.98. The normalized spacial score (nSPS) is 49.2. The summed E-state index contributed by atoms with van der Waals surface area (Å²) in [4.78, 5) is 0. The van der Waals surface area contributed by atoms with Gasteiger partial charge in [0.15, 0.2) is 11.6 Å². The van der Waals surface area contributed by atoms with E-state index in [2.05, 4.69) is 0 Å². The van der Waals surface area contributed by atoms with Crippen LogP contribution in [0.4, 0.5) is 0 Å². The summed E-state index contributed by atoms with van der Waals surface area (Å²) < 4.78 is 9.72. The highest BCUT2D eigenvalue weighted by atomic mass is 16.7. The van der Waals surface area contributed by atoms with E-state index in [1.54, 1.807) is 0 Å². The Kier molecular flexibility index (Phi) is 1.72. The van der Waals surface area contributed by atoms with E-state index in [1.807, 2.05) is 0 Å². The third kappa shape index (κ3) is 1.91. The number of aliphatic hydroxyl groups is 2. The molecule has 10 heavy (non-hydrogen) atoms. The van der Waals surface area contributed by atoms with Crippen LogP contribution in [0.15, 0.2) is 0 Å². The van der Waals surface area contributed by atoms with Crippen LogP contribution in [0, 0.1) is 0 Å². The van der Waals surface area contributed by atoms with Crippen LogP contribution < -0.4 is 0 Å². The van der Waals surface area contributed by atoms with E-state index in [4.69, 9.17) is 19.7 Å². The number of ether oxygens (including phenoxy) is 2. The molecule has 2 atom stereocenters. The quantitative estimate of drug-likeness (QED) is 0.484. The van der Waals surface area contributed by atoms with Crippen molar-refractivity contribution < 1.29 is 19.7 Å². The third-order valence-corrected chi connectivity index (χ3v) is 1.30. The Bertz CT molecular complexity index is 102. The molecule has 0 bridgehead atoms. The Hall–Kier alpha value is -0.160. The Morgan fingerprint density at radius 3 is 1.50 bits per heavy atom. The SMILES string of the molecule is C[C@]1(O)CO[C@@](C)(O)CO1. The molecule has 1 saturated heterocycles. The van der Waals surface area contributed by atoms with Crippen molar-refractivity contribution >= 4 is 0 Å². The molecule has 0 unspecified atom stereocenters. The molecule has 60 valence electrons. The predicted molar refractivity (Wildman–Crippen MR) is 33.2 cm³/mol. The molecule has 1 heterocycles. The van der Waals surface area contributed by atoms with Gasteiger partial charge in [0.2, 0.25) is 0 Å². The summed E-state index contributed by atoms with van der Waals surface area (Å²) in [7, 11) is 0. The minimum atomic E-state index is -1.25. The van der Waals surface area contributed by atoms with Gasteiger partial charge in [0, 0.05) is 0 Å². The smallest absolute Gasteiger partial charge is 0.186 e. The summed E-state index contributed by atoms with van der Waals surface area (Å²) in [6.07, 6.45) is 0. The lowest BCUT2D eigenvalue weighted by Crippen LogP contribution is -2.50. The van der Waals surface area contributed by atoms with E-state index >= 15 is 0 Å². The highest BCUT2D eigenvalue weighted by Gasteiger charge is 2.36.